The van der Waals surface area contributed by atoms with Crippen LogP contribution in [0.1, 0.15) is 62.1 Å². The van der Waals surface area contributed by atoms with E-state index < -0.39 is 24.3 Å². The summed E-state index contributed by atoms with van der Waals surface area (Å²) in [5.74, 6) is 1.000. The summed E-state index contributed by atoms with van der Waals surface area (Å²) in [5.41, 5.74) is 3.53. The molecule has 4 heterocycles. The summed E-state index contributed by atoms with van der Waals surface area (Å²) in [7, 11) is 0. The fraction of sp³-hybridized carbons (Fsp3) is 0.486. The molecule has 0 bridgehead atoms. The molecular formula is C35H43ClN8O3. The zero-order valence-corrected chi connectivity index (χ0v) is 27.5. The van der Waals surface area contributed by atoms with E-state index in [1.807, 2.05) is 16.7 Å². The zero-order chi connectivity index (χ0) is 32.5. The number of aliphatic hydroxyl groups is 2. The highest BCUT2D eigenvalue weighted by molar-refractivity contribution is 6.21. The SMILES string of the molecule is CCC(=O)N(Cl)[C@H]1C[C@@H](n2cnc3c(NCC(c4ccccc4)c4ccccc4)nc(N4CC[C@@H](N5CCCC5)C4)nc32)[C@H](O)[C@@H]1O. The molecule has 2 aromatic carbocycles. The molecule has 12 heteroatoms. The third-order valence-electron chi connectivity index (χ3n) is 10.2. The van der Waals surface area contributed by atoms with Crippen molar-refractivity contribution in [1.82, 2.24) is 28.8 Å². The largest absolute Gasteiger partial charge is 0.388 e. The maximum atomic E-state index is 12.4. The first-order valence-electron chi connectivity index (χ1n) is 16.8. The van der Waals surface area contributed by atoms with E-state index >= 15 is 0 Å². The number of carbonyl (C=O) groups excluding carboxylic acids is 1. The molecule has 3 N–H and O–H groups in total. The molecule has 4 aromatic rings. The number of nitrogens with zero attached hydrogens (tertiary/aromatic N) is 7. The Morgan fingerprint density at radius 3 is 2.34 bits per heavy atom. The number of anilines is 2. The maximum Gasteiger partial charge on any atom is 0.236 e. The van der Waals surface area contributed by atoms with E-state index in [1.165, 1.54) is 24.0 Å². The fourth-order valence-electron chi connectivity index (χ4n) is 7.56. The Labute approximate surface area is 280 Å². The van der Waals surface area contributed by atoms with Gasteiger partial charge in [-0.3, -0.25) is 9.69 Å². The van der Waals surface area contributed by atoms with Crippen LogP contribution in [0.2, 0.25) is 0 Å². The number of hydrogen-bond donors (Lipinski definition) is 3. The van der Waals surface area contributed by atoms with Crippen molar-refractivity contribution in [3.05, 3.63) is 78.1 Å². The first-order valence-corrected chi connectivity index (χ1v) is 17.2. The quantitative estimate of drug-likeness (QED) is 0.216. The van der Waals surface area contributed by atoms with Gasteiger partial charge in [-0.1, -0.05) is 67.6 Å². The molecule has 3 fully saturated rings. The Hall–Kier alpha value is -3.77. The van der Waals surface area contributed by atoms with Crippen LogP contribution in [-0.4, -0.2) is 102 Å². The second-order valence-corrected chi connectivity index (χ2v) is 13.4. The third kappa shape index (κ3) is 6.29. The Morgan fingerprint density at radius 1 is 1.00 bits per heavy atom. The van der Waals surface area contributed by atoms with E-state index in [2.05, 4.69) is 63.6 Å². The minimum Gasteiger partial charge on any atom is -0.388 e. The standard InChI is InChI=1S/C35H43ClN8O3/c1-2-29(45)44(36)28-19-27(31(46)32(28)47)43-22-38-30-33(37-20-26(23-11-5-3-6-12-23)24-13-7-4-8-14-24)39-35(40-34(30)43)42-18-15-25(21-42)41-16-9-10-17-41/h3-8,11-14,22,25-28,31-32,46-47H,2,9-10,15-21H2,1H3,(H,37,39,40)/t25-,27-,28+,31+,32-/m1/s1. The molecule has 2 aromatic heterocycles. The summed E-state index contributed by atoms with van der Waals surface area (Å²) in [6, 6.07) is 20.0. The summed E-state index contributed by atoms with van der Waals surface area (Å²) >= 11 is 6.36. The molecule has 1 aliphatic carbocycles. The number of aliphatic hydroxyl groups excluding tert-OH is 2. The van der Waals surface area contributed by atoms with Crippen LogP contribution in [-0.2, 0) is 4.79 Å². The smallest absolute Gasteiger partial charge is 0.236 e. The molecule has 0 spiro atoms. The molecule has 0 radical (unpaired) electrons. The number of aromatic nitrogens is 4. The minimum atomic E-state index is -1.21. The molecule has 5 atom stereocenters. The van der Waals surface area contributed by atoms with E-state index in [0.29, 0.717) is 35.5 Å². The highest BCUT2D eigenvalue weighted by Crippen LogP contribution is 2.38. The van der Waals surface area contributed by atoms with Crippen LogP contribution < -0.4 is 10.2 Å². The number of halogens is 1. The molecule has 7 rings (SSSR count). The average Bonchev–Trinajstić information content (AvgIpc) is 3.93. The van der Waals surface area contributed by atoms with Gasteiger partial charge in [-0.2, -0.15) is 9.97 Å². The van der Waals surface area contributed by atoms with Crippen LogP contribution in [0.3, 0.4) is 0 Å². The lowest BCUT2D eigenvalue weighted by atomic mass is 9.91. The van der Waals surface area contributed by atoms with E-state index in [0.717, 1.165) is 37.0 Å². The van der Waals surface area contributed by atoms with Gasteiger partial charge in [0.05, 0.1) is 18.4 Å². The van der Waals surface area contributed by atoms with Crippen LogP contribution in [0.4, 0.5) is 11.8 Å². The lowest BCUT2D eigenvalue weighted by Crippen LogP contribution is -2.41. The van der Waals surface area contributed by atoms with Crippen molar-refractivity contribution in [2.75, 3.05) is 42.9 Å². The topological polar surface area (TPSA) is 123 Å². The average molecular weight is 659 g/mol. The van der Waals surface area contributed by atoms with E-state index in [-0.39, 0.29) is 24.7 Å². The Kier molecular flexibility index (Phi) is 9.31. The van der Waals surface area contributed by atoms with Crippen LogP contribution in [0.15, 0.2) is 67.0 Å². The van der Waals surface area contributed by atoms with Gasteiger partial charge >= 0.3 is 0 Å². The van der Waals surface area contributed by atoms with Gasteiger partial charge in [0.1, 0.15) is 12.2 Å². The number of rotatable bonds is 10. The number of imidazole rings is 1. The molecule has 47 heavy (non-hydrogen) atoms. The lowest BCUT2D eigenvalue weighted by Gasteiger charge is -2.24. The van der Waals surface area contributed by atoms with Gasteiger partial charge in [-0.15, -0.1) is 0 Å². The summed E-state index contributed by atoms with van der Waals surface area (Å²) in [5, 5.41) is 25.8. The maximum absolute atomic E-state index is 12.4. The van der Waals surface area contributed by atoms with Gasteiger partial charge in [0.15, 0.2) is 17.0 Å². The number of likely N-dealkylation sites (tertiary alicyclic amines) is 1. The molecule has 2 saturated heterocycles. The molecule has 1 saturated carbocycles. The lowest BCUT2D eigenvalue weighted by molar-refractivity contribution is -0.129. The van der Waals surface area contributed by atoms with Crippen molar-refractivity contribution in [2.45, 2.75) is 75.3 Å². The summed E-state index contributed by atoms with van der Waals surface area (Å²) in [6.07, 6.45) is 3.29. The first kappa shape index (κ1) is 31.8. The van der Waals surface area contributed by atoms with Crippen molar-refractivity contribution in [2.24, 2.45) is 0 Å². The Morgan fingerprint density at radius 2 is 1.68 bits per heavy atom. The monoisotopic (exact) mass is 658 g/mol. The molecule has 248 valence electrons. The summed E-state index contributed by atoms with van der Waals surface area (Å²) in [4.78, 5) is 32.1. The van der Waals surface area contributed by atoms with Crippen LogP contribution in [0, 0.1) is 0 Å². The van der Waals surface area contributed by atoms with Crippen LogP contribution >= 0.6 is 11.8 Å². The predicted octanol–water partition coefficient (Wildman–Crippen LogP) is 4.17. The molecule has 2 aliphatic heterocycles. The zero-order valence-electron chi connectivity index (χ0n) is 26.7. The number of benzene rings is 2. The molecule has 1 amide bonds. The Balaban J connectivity index is 1.24. The predicted molar refractivity (Wildman–Crippen MR) is 182 cm³/mol. The van der Waals surface area contributed by atoms with Crippen LogP contribution in [0.5, 0.6) is 0 Å². The number of fused-ring (bicyclic) bond motifs is 1. The van der Waals surface area contributed by atoms with Crippen molar-refractivity contribution in [3.8, 4) is 0 Å². The van der Waals surface area contributed by atoms with Crippen molar-refractivity contribution >= 4 is 40.6 Å². The van der Waals surface area contributed by atoms with Gasteiger partial charge in [0, 0.05) is 49.8 Å². The third-order valence-corrected chi connectivity index (χ3v) is 10.6. The fourth-order valence-corrected chi connectivity index (χ4v) is 7.88. The second-order valence-electron chi connectivity index (χ2n) is 13.0. The molecule has 11 nitrogen and oxygen atoms in total. The van der Waals surface area contributed by atoms with Crippen LogP contribution in [0.25, 0.3) is 11.2 Å². The molecular weight excluding hydrogens is 616 g/mol. The Bertz CT molecular complexity index is 1630. The number of amides is 1. The van der Waals surface area contributed by atoms with Crippen molar-refractivity contribution < 1.29 is 15.0 Å². The van der Waals surface area contributed by atoms with Crippen molar-refractivity contribution in [1.29, 1.82) is 0 Å². The summed E-state index contributed by atoms with van der Waals surface area (Å²) < 4.78 is 2.86. The van der Waals surface area contributed by atoms with Crippen molar-refractivity contribution in [3.63, 3.8) is 0 Å². The van der Waals surface area contributed by atoms with E-state index in [1.54, 1.807) is 13.3 Å². The molecule has 0 unspecified atom stereocenters. The normalized spacial score (nSPS) is 24.9. The molecule has 3 aliphatic rings. The van der Waals surface area contributed by atoms with Gasteiger partial charge in [-0.25, -0.2) is 9.40 Å². The van der Waals surface area contributed by atoms with Gasteiger partial charge in [0.25, 0.3) is 0 Å². The van der Waals surface area contributed by atoms with E-state index in [4.69, 9.17) is 26.7 Å². The number of hydrogen-bond acceptors (Lipinski definition) is 9. The first-order chi connectivity index (χ1) is 22.9. The van der Waals surface area contributed by atoms with E-state index in [9.17, 15) is 15.0 Å². The highest BCUT2D eigenvalue weighted by Gasteiger charge is 2.47. The number of carbonyl (C=O) groups is 1. The second kappa shape index (κ2) is 13.8. The minimum absolute atomic E-state index is 0.0673. The number of nitrogens with one attached hydrogen (secondary N) is 1. The van der Waals surface area contributed by atoms with Gasteiger partial charge in [0.2, 0.25) is 11.9 Å². The highest BCUT2D eigenvalue weighted by atomic mass is 35.5. The summed E-state index contributed by atoms with van der Waals surface area (Å²) in [6.45, 7) is 6.28. The van der Waals surface area contributed by atoms with Gasteiger partial charge < -0.3 is 25.0 Å². The van der Waals surface area contributed by atoms with Gasteiger partial charge in [-0.05, 0) is 49.9 Å².